The van der Waals surface area contributed by atoms with E-state index in [2.05, 4.69) is 29.6 Å². The molecule has 0 aliphatic rings. The molecule has 0 spiro atoms. The highest BCUT2D eigenvalue weighted by Crippen LogP contribution is 2.30. The zero-order chi connectivity index (χ0) is 19.1. The molecule has 0 aliphatic carbocycles. The molecule has 2 aromatic carbocycles. The maximum absolute atomic E-state index is 12.2. The number of hydrogen-bond donors (Lipinski definition) is 2. The van der Waals surface area contributed by atoms with Gasteiger partial charge >= 0.3 is 5.97 Å². The molecule has 3 aromatic rings. The minimum absolute atomic E-state index is 0.157. The predicted molar refractivity (Wildman–Crippen MR) is 108 cm³/mol. The van der Waals surface area contributed by atoms with Crippen molar-refractivity contribution in [3.63, 3.8) is 0 Å². The second-order valence-corrected chi connectivity index (χ2v) is 7.20. The molecule has 1 amide bonds. The number of carboxylic acids is 1. The van der Waals surface area contributed by atoms with E-state index in [4.69, 9.17) is 5.11 Å². The van der Waals surface area contributed by atoms with E-state index in [9.17, 15) is 9.59 Å². The summed E-state index contributed by atoms with van der Waals surface area (Å²) >= 11 is 1.11. The standard InChI is InChI=1S/C22H21NO3S/c24-20(23-19-14-15-27-21(19)22(25)26)13-7-12-18(16-8-3-1-4-9-16)17-10-5-2-6-11-17/h1-6,8-11,14-15,18H,7,12-13H2,(H,23,24)(H,25,26). The lowest BCUT2D eigenvalue weighted by atomic mass is 9.87. The van der Waals surface area contributed by atoms with Crippen LogP contribution < -0.4 is 5.32 Å². The molecular formula is C22H21NO3S. The van der Waals surface area contributed by atoms with Crippen LogP contribution in [0.1, 0.15) is 46.0 Å². The van der Waals surface area contributed by atoms with Crippen molar-refractivity contribution < 1.29 is 14.7 Å². The molecule has 0 unspecified atom stereocenters. The van der Waals surface area contributed by atoms with Crippen LogP contribution in [0.5, 0.6) is 0 Å². The van der Waals surface area contributed by atoms with Gasteiger partial charge in [-0.15, -0.1) is 11.3 Å². The van der Waals surface area contributed by atoms with Gasteiger partial charge < -0.3 is 10.4 Å². The number of carbonyl (C=O) groups is 2. The first-order valence-electron chi connectivity index (χ1n) is 8.85. The lowest BCUT2D eigenvalue weighted by Gasteiger charge is -2.18. The Balaban J connectivity index is 1.62. The van der Waals surface area contributed by atoms with Gasteiger partial charge in [0.15, 0.2) is 0 Å². The molecule has 4 nitrogen and oxygen atoms in total. The summed E-state index contributed by atoms with van der Waals surface area (Å²) in [7, 11) is 0. The van der Waals surface area contributed by atoms with Crippen molar-refractivity contribution in [2.45, 2.75) is 25.2 Å². The Morgan fingerprint density at radius 3 is 2.07 bits per heavy atom. The summed E-state index contributed by atoms with van der Waals surface area (Å²) in [6.07, 6.45) is 1.91. The van der Waals surface area contributed by atoms with E-state index >= 15 is 0 Å². The molecule has 5 heteroatoms. The zero-order valence-electron chi connectivity index (χ0n) is 14.8. The summed E-state index contributed by atoms with van der Waals surface area (Å²) in [6.45, 7) is 0. The third-order valence-corrected chi connectivity index (χ3v) is 5.34. The van der Waals surface area contributed by atoms with Gasteiger partial charge in [-0.05, 0) is 35.4 Å². The van der Waals surface area contributed by atoms with Gasteiger partial charge in [0, 0.05) is 12.3 Å². The highest BCUT2D eigenvalue weighted by molar-refractivity contribution is 7.12. The highest BCUT2D eigenvalue weighted by Gasteiger charge is 2.16. The number of nitrogens with one attached hydrogen (secondary N) is 1. The van der Waals surface area contributed by atoms with Crippen molar-refractivity contribution in [2.24, 2.45) is 0 Å². The average Bonchev–Trinajstić information content (AvgIpc) is 3.15. The van der Waals surface area contributed by atoms with E-state index in [1.165, 1.54) is 11.1 Å². The molecule has 27 heavy (non-hydrogen) atoms. The van der Waals surface area contributed by atoms with Crippen LogP contribution >= 0.6 is 11.3 Å². The van der Waals surface area contributed by atoms with Gasteiger partial charge in [0.1, 0.15) is 4.88 Å². The van der Waals surface area contributed by atoms with Crippen molar-refractivity contribution in [1.82, 2.24) is 0 Å². The van der Waals surface area contributed by atoms with Gasteiger partial charge in [-0.1, -0.05) is 60.7 Å². The maximum Gasteiger partial charge on any atom is 0.348 e. The normalized spacial score (nSPS) is 10.7. The lowest BCUT2D eigenvalue weighted by Crippen LogP contribution is -2.13. The minimum Gasteiger partial charge on any atom is -0.477 e. The van der Waals surface area contributed by atoms with Crippen LogP contribution in [0.2, 0.25) is 0 Å². The Kier molecular flexibility index (Phi) is 6.39. The first-order valence-corrected chi connectivity index (χ1v) is 9.73. The molecule has 0 saturated carbocycles. The van der Waals surface area contributed by atoms with Gasteiger partial charge in [0.2, 0.25) is 5.91 Å². The van der Waals surface area contributed by atoms with Crippen LogP contribution in [0.15, 0.2) is 72.1 Å². The molecule has 0 bridgehead atoms. The van der Waals surface area contributed by atoms with Crippen molar-refractivity contribution in [3.8, 4) is 0 Å². The van der Waals surface area contributed by atoms with Gasteiger partial charge in [0.25, 0.3) is 0 Å². The van der Waals surface area contributed by atoms with Crippen LogP contribution in [-0.4, -0.2) is 17.0 Å². The number of anilines is 1. The largest absolute Gasteiger partial charge is 0.477 e. The lowest BCUT2D eigenvalue weighted by molar-refractivity contribution is -0.116. The topological polar surface area (TPSA) is 66.4 Å². The molecule has 0 atom stereocenters. The van der Waals surface area contributed by atoms with Crippen LogP contribution in [0, 0.1) is 0 Å². The fourth-order valence-electron chi connectivity index (χ4n) is 3.15. The molecule has 1 heterocycles. The molecule has 3 rings (SSSR count). The number of thiophene rings is 1. The summed E-state index contributed by atoms with van der Waals surface area (Å²) in [5, 5.41) is 13.5. The molecule has 2 N–H and O–H groups in total. The van der Waals surface area contributed by atoms with Crippen molar-refractivity contribution in [1.29, 1.82) is 0 Å². The monoisotopic (exact) mass is 379 g/mol. The van der Waals surface area contributed by atoms with Crippen molar-refractivity contribution >= 4 is 28.9 Å². The summed E-state index contributed by atoms with van der Waals surface area (Å²) in [5.74, 6) is -0.944. The number of amides is 1. The quantitative estimate of drug-likeness (QED) is 0.552. The third-order valence-electron chi connectivity index (χ3n) is 4.43. The first-order chi connectivity index (χ1) is 13.1. The zero-order valence-corrected chi connectivity index (χ0v) is 15.6. The molecule has 138 valence electrons. The Bertz CT molecular complexity index is 851. The summed E-state index contributed by atoms with van der Waals surface area (Å²) in [4.78, 5) is 23.5. The van der Waals surface area contributed by atoms with Crippen LogP contribution in [0.4, 0.5) is 5.69 Å². The van der Waals surface area contributed by atoms with Gasteiger partial charge in [-0.2, -0.15) is 0 Å². The second kappa shape index (κ2) is 9.14. The molecule has 1 aromatic heterocycles. The molecular weight excluding hydrogens is 358 g/mol. The number of benzene rings is 2. The van der Waals surface area contributed by atoms with Gasteiger partial charge in [-0.25, -0.2) is 4.79 Å². The summed E-state index contributed by atoms with van der Waals surface area (Å²) in [5.41, 5.74) is 2.84. The Labute approximate surface area is 162 Å². The molecule has 0 saturated heterocycles. The Morgan fingerprint density at radius 1 is 0.926 bits per heavy atom. The fraction of sp³-hybridized carbons (Fsp3) is 0.182. The molecule has 0 fully saturated rings. The predicted octanol–water partition coefficient (Wildman–Crippen LogP) is 5.39. The van der Waals surface area contributed by atoms with Crippen LogP contribution in [-0.2, 0) is 4.79 Å². The molecule has 0 radical (unpaired) electrons. The van der Waals surface area contributed by atoms with E-state index in [1.807, 2.05) is 36.4 Å². The number of carboxylic acid groups (broad SMARTS) is 1. The maximum atomic E-state index is 12.2. The summed E-state index contributed by atoms with van der Waals surface area (Å²) < 4.78 is 0. The van der Waals surface area contributed by atoms with E-state index < -0.39 is 5.97 Å². The van der Waals surface area contributed by atoms with Crippen LogP contribution in [0.25, 0.3) is 0 Å². The smallest absolute Gasteiger partial charge is 0.348 e. The third kappa shape index (κ3) is 5.05. The Hall–Kier alpha value is -2.92. The highest BCUT2D eigenvalue weighted by atomic mass is 32.1. The number of hydrogen-bond acceptors (Lipinski definition) is 3. The SMILES string of the molecule is O=C(CCCC(c1ccccc1)c1ccccc1)Nc1ccsc1C(=O)O. The Morgan fingerprint density at radius 2 is 1.52 bits per heavy atom. The van der Waals surface area contributed by atoms with Crippen molar-refractivity contribution in [3.05, 3.63) is 88.1 Å². The number of aromatic carboxylic acids is 1. The first kappa shape index (κ1) is 18.9. The molecule has 0 aliphatic heterocycles. The van der Waals surface area contributed by atoms with Gasteiger partial charge in [-0.3, -0.25) is 4.79 Å². The van der Waals surface area contributed by atoms with E-state index in [0.717, 1.165) is 17.8 Å². The number of rotatable bonds is 8. The van der Waals surface area contributed by atoms with Crippen molar-refractivity contribution in [2.75, 3.05) is 5.32 Å². The van der Waals surface area contributed by atoms with E-state index in [1.54, 1.807) is 11.4 Å². The van der Waals surface area contributed by atoms with E-state index in [0.29, 0.717) is 18.5 Å². The second-order valence-electron chi connectivity index (χ2n) is 6.28. The number of carbonyl (C=O) groups excluding carboxylic acids is 1. The fourth-order valence-corrected chi connectivity index (χ4v) is 3.84. The van der Waals surface area contributed by atoms with E-state index in [-0.39, 0.29) is 16.7 Å². The minimum atomic E-state index is -1.02. The average molecular weight is 379 g/mol. The summed E-state index contributed by atoms with van der Waals surface area (Å²) in [6, 6.07) is 22.2. The van der Waals surface area contributed by atoms with Gasteiger partial charge in [0.05, 0.1) is 5.69 Å². The van der Waals surface area contributed by atoms with Crippen LogP contribution in [0.3, 0.4) is 0 Å².